The summed E-state index contributed by atoms with van der Waals surface area (Å²) in [7, 11) is 1.54. The summed E-state index contributed by atoms with van der Waals surface area (Å²) in [5, 5.41) is 1.01. The first kappa shape index (κ1) is 28.7. The van der Waals surface area contributed by atoms with E-state index in [4.69, 9.17) is 41.8 Å². The lowest BCUT2D eigenvalue weighted by Gasteiger charge is -2.26. The smallest absolute Gasteiger partial charge is 0.338 e. The molecule has 0 aliphatic carbocycles. The molecule has 0 spiro atoms. The molecular weight excluding hydrogens is 587 g/mol. The Morgan fingerprint density at radius 1 is 1.15 bits per heavy atom. The summed E-state index contributed by atoms with van der Waals surface area (Å²) in [6.45, 7) is 5.82. The van der Waals surface area contributed by atoms with Crippen LogP contribution in [0.4, 0.5) is 0 Å². The van der Waals surface area contributed by atoms with Crippen LogP contribution in [0.3, 0.4) is 0 Å². The van der Waals surface area contributed by atoms with E-state index >= 15 is 0 Å². The van der Waals surface area contributed by atoms with Crippen molar-refractivity contribution in [3.8, 4) is 22.8 Å². The van der Waals surface area contributed by atoms with Crippen LogP contribution in [0, 0.1) is 0 Å². The molecule has 5 rings (SSSR count). The van der Waals surface area contributed by atoms with Gasteiger partial charge in [-0.25, -0.2) is 9.79 Å². The van der Waals surface area contributed by atoms with E-state index in [1.807, 2.05) is 6.92 Å². The number of carbonyl (C=O) groups excluding carboxylic acids is 1. The second-order valence-corrected chi connectivity index (χ2v) is 10.8. The van der Waals surface area contributed by atoms with E-state index in [2.05, 4.69) is 4.99 Å². The molecule has 2 aromatic carbocycles. The minimum atomic E-state index is -0.860. The Balaban J connectivity index is 1.70. The van der Waals surface area contributed by atoms with Crippen LogP contribution in [-0.2, 0) is 9.53 Å². The lowest BCUT2D eigenvalue weighted by molar-refractivity contribution is -0.139. The van der Waals surface area contributed by atoms with Gasteiger partial charge in [-0.1, -0.05) is 46.7 Å². The highest BCUT2D eigenvalue weighted by molar-refractivity contribution is 7.07. The van der Waals surface area contributed by atoms with Gasteiger partial charge in [-0.3, -0.25) is 9.36 Å². The van der Waals surface area contributed by atoms with Crippen molar-refractivity contribution >= 4 is 46.6 Å². The monoisotopic (exact) mass is 612 g/mol. The van der Waals surface area contributed by atoms with Crippen molar-refractivity contribution < 1.29 is 23.4 Å². The van der Waals surface area contributed by atoms with Gasteiger partial charge >= 0.3 is 5.97 Å². The van der Waals surface area contributed by atoms with Crippen molar-refractivity contribution in [2.24, 2.45) is 4.99 Å². The molecule has 3 heterocycles. The fourth-order valence-electron chi connectivity index (χ4n) is 4.68. The third kappa shape index (κ3) is 5.45. The van der Waals surface area contributed by atoms with Gasteiger partial charge in [-0.15, -0.1) is 0 Å². The third-order valence-electron chi connectivity index (χ3n) is 6.42. The maximum atomic E-state index is 14.0. The van der Waals surface area contributed by atoms with Crippen molar-refractivity contribution in [2.75, 3.05) is 20.3 Å². The fourth-order valence-corrected chi connectivity index (χ4v) is 6.09. The third-order valence-corrected chi connectivity index (χ3v) is 7.97. The number of para-hydroxylation sites is 1. The zero-order valence-electron chi connectivity index (χ0n) is 22.7. The van der Waals surface area contributed by atoms with Crippen molar-refractivity contribution in [1.29, 1.82) is 0 Å². The summed E-state index contributed by atoms with van der Waals surface area (Å²) in [5.41, 5.74) is 1.55. The average molecular weight is 614 g/mol. The van der Waals surface area contributed by atoms with Crippen LogP contribution in [0.1, 0.15) is 38.1 Å². The standard InChI is InChI=1S/C30H26Cl2N2O6S/c1-5-38-27-19(8-7-9-23(27)37-4)26-25(29(36)39-6-2)16(3)33-30-34(26)28(35)24(41-30)15-18-11-13-22(40-18)20-14-17(31)10-12-21(20)32/h7-15,26H,5-6H2,1-4H3. The van der Waals surface area contributed by atoms with E-state index in [0.717, 1.165) is 0 Å². The molecule has 0 fully saturated rings. The molecule has 11 heteroatoms. The topological polar surface area (TPSA) is 92.3 Å². The van der Waals surface area contributed by atoms with E-state index < -0.39 is 12.0 Å². The second kappa shape index (κ2) is 12.0. The SMILES string of the molecule is CCOC(=O)C1=C(C)N=c2sc(=Cc3ccc(-c4cc(Cl)ccc4Cl)o3)c(=O)n2C1c1cccc(OC)c1OCC. The Morgan fingerprint density at radius 3 is 2.68 bits per heavy atom. The van der Waals surface area contributed by atoms with E-state index in [1.54, 1.807) is 68.5 Å². The van der Waals surface area contributed by atoms with Crippen molar-refractivity contribution in [1.82, 2.24) is 4.57 Å². The van der Waals surface area contributed by atoms with Gasteiger partial charge in [0, 0.05) is 22.2 Å². The molecule has 0 saturated carbocycles. The molecule has 1 unspecified atom stereocenters. The average Bonchev–Trinajstić information content (AvgIpc) is 3.53. The van der Waals surface area contributed by atoms with Crippen molar-refractivity contribution in [3.05, 3.63) is 101 Å². The van der Waals surface area contributed by atoms with E-state index in [-0.39, 0.29) is 17.7 Å². The minimum Gasteiger partial charge on any atom is -0.493 e. The molecule has 4 aromatic rings. The Bertz CT molecular complexity index is 1850. The summed E-state index contributed by atoms with van der Waals surface area (Å²) >= 11 is 13.7. The molecule has 1 aliphatic heterocycles. The Hall–Kier alpha value is -3.79. The summed E-state index contributed by atoms with van der Waals surface area (Å²) in [6.07, 6.45) is 1.64. The normalized spacial score (nSPS) is 15.0. The second-order valence-electron chi connectivity index (χ2n) is 8.94. The number of fused-ring (bicyclic) bond motifs is 1. The Kier molecular flexibility index (Phi) is 8.40. The predicted molar refractivity (Wildman–Crippen MR) is 159 cm³/mol. The number of allylic oxidation sites excluding steroid dienone is 1. The molecule has 1 atom stereocenters. The molecular formula is C30H26Cl2N2O6S. The lowest BCUT2D eigenvalue weighted by atomic mass is 9.94. The van der Waals surface area contributed by atoms with Crippen molar-refractivity contribution in [2.45, 2.75) is 26.8 Å². The number of esters is 1. The van der Waals surface area contributed by atoms with Crippen LogP contribution < -0.4 is 24.4 Å². The zero-order chi connectivity index (χ0) is 29.3. The predicted octanol–water partition coefficient (Wildman–Crippen LogP) is 5.77. The molecule has 0 amide bonds. The molecule has 0 saturated heterocycles. The summed E-state index contributed by atoms with van der Waals surface area (Å²) < 4.78 is 24.8. The number of hydrogen-bond acceptors (Lipinski definition) is 8. The van der Waals surface area contributed by atoms with E-state index in [0.29, 0.717) is 65.8 Å². The first-order valence-corrected chi connectivity index (χ1v) is 14.4. The molecule has 212 valence electrons. The van der Waals surface area contributed by atoms with Crippen LogP contribution in [0.2, 0.25) is 10.0 Å². The van der Waals surface area contributed by atoms with Crippen LogP contribution >= 0.6 is 34.5 Å². The number of hydrogen-bond donors (Lipinski definition) is 0. The summed E-state index contributed by atoms with van der Waals surface area (Å²) in [5.74, 6) is 1.30. The number of aromatic nitrogens is 1. The number of ether oxygens (including phenoxy) is 3. The van der Waals surface area contributed by atoms with Gasteiger partial charge in [-0.2, -0.15) is 0 Å². The van der Waals surface area contributed by atoms with Crippen LogP contribution in [0.5, 0.6) is 11.5 Å². The summed E-state index contributed by atoms with van der Waals surface area (Å²) in [4.78, 5) is 32.3. The molecule has 1 aliphatic rings. The number of benzene rings is 2. The van der Waals surface area contributed by atoms with Crippen LogP contribution in [0.15, 0.2) is 74.0 Å². The van der Waals surface area contributed by atoms with E-state index in [9.17, 15) is 9.59 Å². The zero-order valence-corrected chi connectivity index (χ0v) is 25.0. The summed E-state index contributed by atoms with van der Waals surface area (Å²) in [6, 6.07) is 13.1. The van der Waals surface area contributed by atoms with Crippen molar-refractivity contribution in [3.63, 3.8) is 0 Å². The highest BCUT2D eigenvalue weighted by Gasteiger charge is 2.36. The molecule has 0 bridgehead atoms. The number of thiazole rings is 1. The molecule has 8 nitrogen and oxygen atoms in total. The first-order valence-electron chi connectivity index (χ1n) is 12.8. The van der Waals surface area contributed by atoms with Gasteiger partial charge in [0.2, 0.25) is 0 Å². The van der Waals surface area contributed by atoms with Gasteiger partial charge in [0.1, 0.15) is 17.6 Å². The maximum absolute atomic E-state index is 14.0. The van der Waals surface area contributed by atoms with Gasteiger partial charge in [-0.05, 0) is 57.2 Å². The minimum absolute atomic E-state index is 0.167. The maximum Gasteiger partial charge on any atom is 0.338 e. The number of rotatable bonds is 8. The van der Waals surface area contributed by atoms with Crippen LogP contribution in [-0.4, -0.2) is 30.9 Å². The van der Waals surface area contributed by atoms with Gasteiger partial charge in [0.25, 0.3) is 5.56 Å². The van der Waals surface area contributed by atoms with Crippen LogP contribution in [0.25, 0.3) is 17.4 Å². The number of halogens is 2. The molecule has 2 aromatic heterocycles. The number of nitrogens with zero attached hydrogens (tertiary/aromatic N) is 2. The highest BCUT2D eigenvalue weighted by atomic mass is 35.5. The first-order chi connectivity index (χ1) is 19.8. The lowest BCUT2D eigenvalue weighted by Crippen LogP contribution is -2.40. The number of methoxy groups -OCH3 is 1. The Morgan fingerprint density at radius 2 is 1.95 bits per heavy atom. The number of carbonyl (C=O) groups is 1. The van der Waals surface area contributed by atoms with E-state index in [1.165, 1.54) is 23.0 Å². The molecule has 41 heavy (non-hydrogen) atoms. The molecule has 0 radical (unpaired) electrons. The highest BCUT2D eigenvalue weighted by Crippen LogP contribution is 2.41. The largest absolute Gasteiger partial charge is 0.493 e. The Labute approximate surface area is 249 Å². The van der Waals surface area contributed by atoms with Gasteiger partial charge in [0.15, 0.2) is 16.3 Å². The number of furan rings is 1. The van der Waals surface area contributed by atoms with Gasteiger partial charge < -0.3 is 18.6 Å². The quantitative estimate of drug-likeness (QED) is 0.234. The van der Waals surface area contributed by atoms with Gasteiger partial charge in [0.05, 0.1) is 41.1 Å². The molecule has 0 N–H and O–H groups in total. The fraction of sp³-hybridized carbons (Fsp3) is 0.233.